The van der Waals surface area contributed by atoms with E-state index in [1.807, 2.05) is 40.5 Å². The molecule has 0 amide bonds. The second-order valence-electron chi connectivity index (χ2n) is 6.45. The lowest BCUT2D eigenvalue weighted by Crippen LogP contribution is -2.22. The maximum Gasteiger partial charge on any atom is 0.573 e. The van der Waals surface area contributed by atoms with Crippen LogP contribution in [0, 0.1) is 0 Å². The number of halogens is 3. The van der Waals surface area contributed by atoms with Crippen LogP contribution in [-0.2, 0) is 20.1 Å². The standard InChI is InChI=1S/C19H18F3N5O/c1-3-27-9-13(8-24-27)16-10-26(11-17-18(16)25(2)12-23-17)14-4-6-15(7-5-14)28-19(20,21)22/h4-10,12H,3,11H2,1-2H3. The highest BCUT2D eigenvalue weighted by Crippen LogP contribution is 2.34. The van der Waals surface area contributed by atoms with Crippen LogP contribution in [0.1, 0.15) is 23.9 Å². The van der Waals surface area contributed by atoms with E-state index in [0.29, 0.717) is 6.54 Å². The van der Waals surface area contributed by atoms with Gasteiger partial charge >= 0.3 is 6.36 Å². The number of aromatic nitrogens is 4. The van der Waals surface area contributed by atoms with E-state index in [1.54, 1.807) is 24.7 Å². The molecule has 0 bridgehead atoms. The molecule has 0 spiro atoms. The SMILES string of the molecule is CCn1cc(C2=CN(c3ccc(OC(F)(F)F)cc3)Cc3ncn(C)c32)cn1. The molecule has 0 atom stereocenters. The molecule has 0 aliphatic carbocycles. The van der Waals surface area contributed by atoms with E-state index in [-0.39, 0.29) is 5.75 Å². The Balaban J connectivity index is 1.69. The van der Waals surface area contributed by atoms with E-state index >= 15 is 0 Å². The Morgan fingerprint density at radius 1 is 1.18 bits per heavy atom. The van der Waals surface area contributed by atoms with Gasteiger partial charge in [0.25, 0.3) is 0 Å². The van der Waals surface area contributed by atoms with Crippen LogP contribution in [0.2, 0.25) is 0 Å². The molecule has 0 saturated heterocycles. The number of aryl methyl sites for hydroxylation is 2. The minimum atomic E-state index is -4.71. The number of anilines is 1. The number of ether oxygens (including phenoxy) is 1. The zero-order valence-electron chi connectivity index (χ0n) is 15.3. The van der Waals surface area contributed by atoms with Gasteiger partial charge in [-0.1, -0.05) is 0 Å². The fourth-order valence-corrected chi connectivity index (χ4v) is 3.26. The molecule has 1 aromatic carbocycles. The van der Waals surface area contributed by atoms with Gasteiger partial charge in [-0.25, -0.2) is 4.98 Å². The van der Waals surface area contributed by atoms with Gasteiger partial charge in [0, 0.05) is 42.8 Å². The first-order valence-corrected chi connectivity index (χ1v) is 8.71. The molecule has 0 N–H and O–H groups in total. The Morgan fingerprint density at radius 3 is 2.57 bits per heavy atom. The summed E-state index contributed by atoms with van der Waals surface area (Å²) in [6, 6.07) is 5.80. The van der Waals surface area contributed by atoms with Crippen LogP contribution >= 0.6 is 0 Å². The number of hydrogen-bond acceptors (Lipinski definition) is 4. The van der Waals surface area contributed by atoms with Crippen molar-refractivity contribution >= 4 is 11.3 Å². The number of fused-ring (bicyclic) bond motifs is 1. The van der Waals surface area contributed by atoms with E-state index in [9.17, 15) is 13.2 Å². The van der Waals surface area contributed by atoms with Crippen molar-refractivity contribution in [2.75, 3.05) is 4.90 Å². The maximum absolute atomic E-state index is 12.4. The molecule has 28 heavy (non-hydrogen) atoms. The molecule has 0 radical (unpaired) electrons. The summed E-state index contributed by atoms with van der Waals surface area (Å²) in [4.78, 5) is 6.43. The quantitative estimate of drug-likeness (QED) is 0.678. The second-order valence-corrected chi connectivity index (χ2v) is 6.45. The number of benzene rings is 1. The third-order valence-corrected chi connectivity index (χ3v) is 4.54. The molecule has 0 unspecified atom stereocenters. The van der Waals surface area contributed by atoms with Crippen molar-refractivity contribution in [2.45, 2.75) is 26.4 Å². The summed E-state index contributed by atoms with van der Waals surface area (Å²) in [5.74, 6) is -0.250. The summed E-state index contributed by atoms with van der Waals surface area (Å²) in [5.41, 5.74) is 4.54. The number of rotatable bonds is 4. The summed E-state index contributed by atoms with van der Waals surface area (Å²) >= 11 is 0. The van der Waals surface area contributed by atoms with Gasteiger partial charge in [0.15, 0.2) is 0 Å². The summed E-state index contributed by atoms with van der Waals surface area (Å²) in [5, 5.41) is 4.34. The zero-order valence-corrected chi connectivity index (χ0v) is 15.3. The molecule has 0 saturated carbocycles. The Labute approximate surface area is 159 Å². The predicted molar refractivity (Wildman–Crippen MR) is 97.5 cm³/mol. The number of nitrogens with zero attached hydrogens (tertiary/aromatic N) is 5. The molecular weight excluding hydrogens is 371 g/mol. The normalized spacial score (nSPS) is 14.0. The first kappa shape index (κ1) is 18.1. The Kier molecular flexibility index (Phi) is 4.37. The first-order chi connectivity index (χ1) is 13.3. The topological polar surface area (TPSA) is 48.1 Å². The monoisotopic (exact) mass is 389 g/mol. The van der Waals surface area contributed by atoms with Crippen molar-refractivity contribution in [3.63, 3.8) is 0 Å². The largest absolute Gasteiger partial charge is 0.573 e. The highest BCUT2D eigenvalue weighted by atomic mass is 19.4. The lowest BCUT2D eigenvalue weighted by Gasteiger charge is -2.27. The van der Waals surface area contributed by atoms with Crippen molar-refractivity contribution < 1.29 is 17.9 Å². The fourth-order valence-electron chi connectivity index (χ4n) is 3.26. The first-order valence-electron chi connectivity index (χ1n) is 8.71. The Bertz CT molecular complexity index is 1020. The van der Waals surface area contributed by atoms with Crippen molar-refractivity contribution in [3.05, 3.63) is 66.1 Å². The third kappa shape index (κ3) is 3.47. The highest BCUT2D eigenvalue weighted by Gasteiger charge is 2.31. The van der Waals surface area contributed by atoms with E-state index in [2.05, 4.69) is 14.8 Å². The smallest absolute Gasteiger partial charge is 0.406 e. The summed E-state index contributed by atoms with van der Waals surface area (Å²) in [7, 11) is 1.93. The summed E-state index contributed by atoms with van der Waals surface area (Å²) < 4.78 is 44.9. The molecule has 6 nitrogen and oxygen atoms in total. The number of hydrogen-bond donors (Lipinski definition) is 0. The number of alkyl halides is 3. The minimum absolute atomic E-state index is 0.250. The molecular formula is C19H18F3N5O. The van der Waals surface area contributed by atoms with Crippen LogP contribution in [0.4, 0.5) is 18.9 Å². The van der Waals surface area contributed by atoms with Crippen LogP contribution in [0.15, 0.2) is 49.2 Å². The van der Waals surface area contributed by atoms with E-state index in [1.165, 1.54) is 12.1 Å². The van der Waals surface area contributed by atoms with Crippen LogP contribution in [0.25, 0.3) is 5.57 Å². The molecule has 3 heterocycles. The Hall–Kier alpha value is -3.23. The van der Waals surface area contributed by atoms with E-state index < -0.39 is 6.36 Å². The van der Waals surface area contributed by atoms with Crippen molar-refractivity contribution in [1.82, 2.24) is 19.3 Å². The summed E-state index contributed by atoms with van der Waals surface area (Å²) in [6.45, 7) is 3.29. The molecule has 3 aromatic rings. The van der Waals surface area contributed by atoms with E-state index in [0.717, 1.165) is 34.8 Å². The predicted octanol–water partition coefficient (Wildman–Crippen LogP) is 3.94. The van der Waals surface area contributed by atoms with Gasteiger partial charge in [0.1, 0.15) is 5.75 Å². The molecule has 146 valence electrons. The van der Waals surface area contributed by atoms with Gasteiger partial charge in [0.05, 0.1) is 30.5 Å². The zero-order chi connectivity index (χ0) is 19.9. The van der Waals surface area contributed by atoms with E-state index in [4.69, 9.17) is 0 Å². The maximum atomic E-state index is 12.4. The van der Waals surface area contributed by atoms with Crippen molar-refractivity contribution in [2.24, 2.45) is 7.05 Å². The number of imidazole rings is 1. The van der Waals surface area contributed by atoms with Gasteiger partial charge in [-0.15, -0.1) is 13.2 Å². The highest BCUT2D eigenvalue weighted by molar-refractivity contribution is 5.82. The van der Waals surface area contributed by atoms with Gasteiger partial charge in [-0.3, -0.25) is 4.68 Å². The molecule has 2 aromatic heterocycles. The van der Waals surface area contributed by atoms with Crippen LogP contribution in [0.5, 0.6) is 5.75 Å². The van der Waals surface area contributed by atoms with Gasteiger partial charge in [-0.2, -0.15) is 5.10 Å². The van der Waals surface area contributed by atoms with Crippen molar-refractivity contribution in [3.8, 4) is 5.75 Å². The molecule has 9 heteroatoms. The lowest BCUT2D eigenvalue weighted by molar-refractivity contribution is -0.274. The summed E-state index contributed by atoms with van der Waals surface area (Å²) in [6.07, 6.45) is 2.79. The Morgan fingerprint density at radius 2 is 1.93 bits per heavy atom. The fraction of sp³-hybridized carbons (Fsp3) is 0.263. The third-order valence-electron chi connectivity index (χ3n) is 4.54. The van der Waals surface area contributed by atoms with Crippen LogP contribution in [-0.4, -0.2) is 25.7 Å². The second kappa shape index (κ2) is 6.74. The average molecular weight is 389 g/mol. The molecule has 1 aliphatic heterocycles. The van der Waals surface area contributed by atoms with Gasteiger partial charge in [-0.05, 0) is 31.2 Å². The van der Waals surface area contributed by atoms with Crippen LogP contribution in [0.3, 0.4) is 0 Å². The van der Waals surface area contributed by atoms with Crippen LogP contribution < -0.4 is 9.64 Å². The van der Waals surface area contributed by atoms with Crippen molar-refractivity contribution in [1.29, 1.82) is 0 Å². The molecule has 1 aliphatic rings. The minimum Gasteiger partial charge on any atom is -0.406 e. The lowest BCUT2D eigenvalue weighted by atomic mass is 10.0. The molecule has 0 fully saturated rings. The average Bonchev–Trinajstić information content (AvgIpc) is 3.27. The van der Waals surface area contributed by atoms with Gasteiger partial charge in [0.2, 0.25) is 0 Å². The van der Waals surface area contributed by atoms with Gasteiger partial charge < -0.3 is 14.2 Å². The molecule has 4 rings (SSSR count).